The number of anilines is 1. The summed E-state index contributed by atoms with van der Waals surface area (Å²) in [5, 5.41) is 10.4. The fourth-order valence-electron chi connectivity index (χ4n) is 1.80. The Morgan fingerprint density at radius 3 is 2.70 bits per heavy atom. The van der Waals surface area contributed by atoms with E-state index in [4.69, 9.17) is 5.73 Å². The Hall–Kier alpha value is -2.19. The van der Waals surface area contributed by atoms with Crippen LogP contribution in [0.15, 0.2) is 18.2 Å². The largest absolute Gasteiger partial charge is 0.399 e. The lowest BCUT2D eigenvalue weighted by Gasteiger charge is -2.15. The zero-order valence-electron chi connectivity index (χ0n) is 10.4. The fraction of sp³-hybridized carbons (Fsp3) is 0.364. The van der Waals surface area contributed by atoms with E-state index in [1.54, 1.807) is 0 Å². The van der Waals surface area contributed by atoms with Crippen LogP contribution in [0, 0.1) is 5.82 Å². The minimum Gasteiger partial charge on any atom is -0.399 e. The third-order valence-electron chi connectivity index (χ3n) is 2.67. The Kier molecular flexibility index (Phi) is 3.60. The average molecular weight is 289 g/mol. The highest BCUT2D eigenvalue weighted by molar-refractivity contribution is 5.61. The van der Waals surface area contributed by atoms with E-state index in [9.17, 15) is 17.6 Å². The molecule has 1 aromatic carbocycles. The van der Waals surface area contributed by atoms with Crippen molar-refractivity contribution in [2.45, 2.75) is 25.6 Å². The van der Waals surface area contributed by atoms with Crippen molar-refractivity contribution < 1.29 is 17.6 Å². The number of benzene rings is 1. The number of rotatable bonds is 3. The molecule has 9 heteroatoms. The molecule has 0 aliphatic carbocycles. The maximum absolute atomic E-state index is 13.7. The summed E-state index contributed by atoms with van der Waals surface area (Å²) in [6, 6.07) is 2.67. The maximum Gasteiger partial charge on any atom is 0.391 e. The smallest absolute Gasteiger partial charge is 0.391 e. The van der Waals surface area contributed by atoms with Crippen LogP contribution >= 0.6 is 0 Å². The van der Waals surface area contributed by atoms with Crippen molar-refractivity contribution in [2.75, 3.05) is 5.73 Å². The lowest BCUT2D eigenvalue weighted by molar-refractivity contribution is -0.142. The van der Waals surface area contributed by atoms with Crippen molar-refractivity contribution in [3.63, 3.8) is 0 Å². The van der Waals surface area contributed by atoms with Crippen LogP contribution in [0.3, 0.4) is 0 Å². The van der Waals surface area contributed by atoms with Gasteiger partial charge in [0.15, 0.2) is 5.82 Å². The quantitative estimate of drug-likeness (QED) is 0.696. The van der Waals surface area contributed by atoms with Gasteiger partial charge in [0.05, 0.1) is 18.0 Å². The van der Waals surface area contributed by atoms with Crippen molar-refractivity contribution in [3.8, 4) is 11.4 Å². The molecule has 2 aromatic rings. The highest BCUT2D eigenvalue weighted by Crippen LogP contribution is 2.30. The van der Waals surface area contributed by atoms with Crippen molar-refractivity contribution in [2.24, 2.45) is 0 Å². The number of nitrogens with two attached hydrogens (primary N) is 1. The van der Waals surface area contributed by atoms with Crippen LogP contribution in [-0.4, -0.2) is 26.4 Å². The van der Waals surface area contributed by atoms with Gasteiger partial charge in [0.1, 0.15) is 5.82 Å². The highest BCUT2D eigenvalue weighted by atomic mass is 19.4. The first kappa shape index (κ1) is 14.2. The van der Waals surface area contributed by atoms with Crippen LogP contribution < -0.4 is 5.73 Å². The van der Waals surface area contributed by atoms with Gasteiger partial charge < -0.3 is 5.73 Å². The standard InChI is InChI=1S/C11H11F4N5/c1-6(5-11(13,14)15)20-10(17-18-19-20)8-4-7(16)2-3-9(8)12/h2-4,6H,5,16H2,1H3. The molecular formula is C11H11F4N5. The monoisotopic (exact) mass is 289 g/mol. The molecule has 0 spiro atoms. The zero-order valence-corrected chi connectivity index (χ0v) is 10.4. The van der Waals surface area contributed by atoms with E-state index in [-0.39, 0.29) is 17.1 Å². The van der Waals surface area contributed by atoms with Gasteiger partial charge in [0.2, 0.25) is 0 Å². The summed E-state index contributed by atoms with van der Waals surface area (Å²) in [7, 11) is 0. The van der Waals surface area contributed by atoms with Gasteiger partial charge in [0.25, 0.3) is 0 Å². The molecule has 0 radical (unpaired) electrons. The number of hydrogen-bond acceptors (Lipinski definition) is 4. The highest BCUT2D eigenvalue weighted by Gasteiger charge is 2.32. The van der Waals surface area contributed by atoms with E-state index in [0.717, 1.165) is 10.7 Å². The molecule has 108 valence electrons. The summed E-state index contributed by atoms with van der Waals surface area (Å²) < 4.78 is 51.9. The van der Waals surface area contributed by atoms with E-state index < -0.39 is 24.5 Å². The molecule has 0 bridgehead atoms. The Morgan fingerprint density at radius 1 is 1.35 bits per heavy atom. The van der Waals surface area contributed by atoms with Crippen LogP contribution in [0.2, 0.25) is 0 Å². The molecule has 0 fully saturated rings. The van der Waals surface area contributed by atoms with Gasteiger partial charge in [-0.2, -0.15) is 13.2 Å². The number of tetrazole rings is 1. The predicted molar refractivity (Wildman–Crippen MR) is 63.0 cm³/mol. The summed E-state index contributed by atoms with van der Waals surface area (Å²) in [6.45, 7) is 1.30. The van der Waals surface area contributed by atoms with E-state index >= 15 is 0 Å². The number of aromatic nitrogens is 4. The van der Waals surface area contributed by atoms with Crippen molar-refractivity contribution >= 4 is 5.69 Å². The van der Waals surface area contributed by atoms with Crippen LogP contribution in [0.5, 0.6) is 0 Å². The molecule has 0 aliphatic heterocycles. The predicted octanol–water partition coefficient (Wildman–Crippen LogP) is 2.57. The Labute approximate surface area is 111 Å². The summed E-state index contributed by atoms with van der Waals surface area (Å²) in [5.74, 6) is -0.749. The Morgan fingerprint density at radius 2 is 2.05 bits per heavy atom. The van der Waals surface area contributed by atoms with Gasteiger partial charge in [-0.3, -0.25) is 0 Å². The van der Waals surface area contributed by atoms with Gasteiger partial charge in [-0.15, -0.1) is 5.10 Å². The molecule has 1 unspecified atom stereocenters. The van der Waals surface area contributed by atoms with Crippen molar-refractivity contribution in [3.05, 3.63) is 24.0 Å². The Balaban J connectivity index is 2.40. The molecule has 2 rings (SSSR count). The third kappa shape index (κ3) is 3.03. The molecular weight excluding hydrogens is 278 g/mol. The molecule has 1 aromatic heterocycles. The minimum atomic E-state index is -4.36. The Bertz CT molecular complexity index is 607. The van der Waals surface area contributed by atoms with Gasteiger partial charge in [-0.25, -0.2) is 9.07 Å². The SMILES string of the molecule is CC(CC(F)(F)F)n1nnnc1-c1cc(N)ccc1F. The summed E-state index contributed by atoms with van der Waals surface area (Å²) >= 11 is 0. The van der Waals surface area contributed by atoms with Gasteiger partial charge in [0, 0.05) is 5.69 Å². The number of hydrogen-bond donors (Lipinski definition) is 1. The second-order valence-corrected chi connectivity index (χ2v) is 4.35. The summed E-state index contributed by atoms with van der Waals surface area (Å²) in [6.07, 6.45) is -5.48. The van der Waals surface area contributed by atoms with Crippen LogP contribution in [0.1, 0.15) is 19.4 Å². The van der Waals surface area contributed by atoms with Crippen LogP contribution in [-0.2, 0) is 0 Å². The molecule has 1 heterocycles. The summed E-state index contributed by atoms with van der Waals surface area (Å²) in [5.41, 5.74) is 5.76. The molecule has 0 saturated heterocycles. The average Bonchev–Trinajstić information content (AvgIpc) is 2.79. The fourth-order valence-corrected chi connectivity index (χ4v) is 1.80. The first-order valence-corrected chi connectivity index (χ1v) is 5.68. The molecule has 1 atom stereocenters. The molecule has 0 amide bonds. The number of alkyl halides is 3. The number of nitrogens with zero attached hydrogens (tertiary/aromatic N) is 4. The van der Waals surface area contributed by atoms with E-state index in [0.29, 0.717) is 0 Å². The number of nitrogen functional groups attached to an aromatic ring is 1. The molecule has 20 heavy (non-hydrogen) atoms. The van der Waals surface area contributed by atoms with Crippen molar-refractivity contribution in [1.29, 1.82) is 0 Å². The summed E-state index contributed by atoms with van der Waals surface area (Å²) in [4.78, 5) is 0. The second kappa shape index (κ2) is 5.06. The molecule has 2 N–H and O–H groups in total. The van der Waals surface area contributed by atoms with Gasteiger partial charge >= 0.3 is 6.18 Å². The minimum absolute atomic E-state index is 0.0379. The first-order valence-electron chi connectivity index (χ1n) is 5.68. The van der Waals surface area contributed by atoms with Crippen LogP contribution in [0.25, 0.3) is 11.4 Å². The normalized spacial score (nSPS) is 13.4. The van der Waals surface area contributed by atoms with E-state index in [2.05, 4.69) is 15.5 Å². The molecule has 0 saturated carbocycles. The first-order chi connectivity index (χ1) is 9.28. The van der Waals surface area contributed by atoms with Gasteiger partial charge in [-0.05, 0) is 35.5 Å². The van der Waals surface area contributed by atoms with Crippen molar-refractivity contribution in [1.82, 2.24) is 20.2 Å². The second-order valence-electron chi connectivity index (χ2n) is 4.35. The van der Waals surface area contributed by atoms with E-state index in [1.165, 1.54) is 19.1 Å². The van der Waals surface area contributed by atoms with Gasteiger partial charge in [-0.1, -0.05) is 0 Å². The zero-order chi connectivity index (χ0) is 14.9. The maximum atomic E-state index is 13.7. The molecule has 0 aliphatic rings. The topological polar surface area (TPSA) is 69.6 Å². The lowest BCUT2D eigenvalue weighted by Crippen LogP contribution is -2.18. The van der Waals surface area contributed by atoms with E-state index in [1.807, 2.05) is 0 Å². The molecule has 5 nitrogen and oxygen atoms in total. The lowest BCUT2D eigenvalue weighted by atomic mass is 10.1. The number of halogens is 4. The van der Waals surface area contributed by atoms with Crippen LogP contribution in [0.4, 0.5) is 23.2 Å². The third-order valence-corrected chi connectivity index (χ3v) is 2.67.